The van der Waals surface area contributed by atoms with E-state index >= 15 is 0 Å². The van der Waals surface area contributed by atoms with Gasteiger partial charge < -0.3 is 20.1 Å². The molecule has 28 heavy (non-hydrogen) atoms. The second-order valence-corrected chi connectivity index (χ2v) is 6.50. The largest absolute Gasteiger partial charge is 0.495 e. The molecule has 0 aliphatic carbocycles. The van der Waals surface area contributed by atoms with E-state index in [2.05, 4.69) is 15.6 Å². The number of nitrogens with one attached hydrogen (secondary N) is 2. The Bertz CT molecular complexity index is 1010. The number of aromatic nitrogens is 1. The van der Waals surface area contributed by atoms with Crippen molar-refractivity contribution in [2.45, 2.75) is 6.92 Å². The lowest BCUT2D eigenvalue weighted by Crippen LogP contribution is -2.12. The van der Waals surface area contributed by atoms with Gasteiger partial charge in [0.1, 0.15) is 11.5 Å². The van der Waals surface area contributed by atoms with E-state index in [1.165, 1.54) is 13.3 Å². The van der Waals surface area contributed by atoms with Crippen molar-refractivity contribution in [1.29, 1.82) is 0 Å². The monoisotopic (exact) mass is 397 g/mol. The number of anilines is 3. The number of pyridine rings is 1. The zero-order chi connectivity index (χ0) is 20.1. The number of amides is 1. The zero-order valence-electron chi connectivity index (χ0n) is 15.7. The molecular weight excluding hydrogens is 378 g/mol. The molecule has 1 heterocycles. The highest BCUT2D eigenvalue weighted by Crippen LogP contribution is 2.29. The first kappa shape index (κ1) is 19.5. The molecule has 0 bridgehead atoms. The first-order valence-electron chi connectivity index (χ1n) is 8.52. The Balaban J connectivity index is 1.78. The number of ether oxygens (including phenoxy) is 2. The number of benzene rings is 2. The highest BCUT2D eigenvalue weighted by molar-refractivity contribution is 6.32. The van der Waals surface area contributed by atoms with Gasteiger partial charge in [0, 0.05) is 11.9 Å². The Hall–Kier alpha value is -3.25. The van der Waals surface area contributed by atoms with Crippen LogP contribution >= 0.6 is 11.6 Å². The normalized spacial score (nSPS) is 10.3. The van der Waals surface area contributed by atoms with Crippen molar-refractivity contribution in [2.24, 2.45) is 0 Å². The SMILES string of the molecule is COc1ccc(NC(=O)c2cncc(Nc3cc(C)ccc3OC)c2)cc1Cl. The summed E-state index contributed by atoms with van der Waals surface area (Å²) < 4.78 is 10.5. The molecule has 0 aliphatic heterocycles. The molecule has 0 aliphatic rings. The van der Waals surface area contributed by atoms with Gasteiger partial charge in [-0.25, -0.2) is 0 Å². The van der Waals surface area contributed by atoms with Gasteiger partial charge in [0.25, 0.3) is 5.91 Å². The average molecular weight is 398 g/mol. The molecule has 0 saturated carbocycles. The van der Waals surface area contributed by atoms with Gasteiger partial charge in [0.15, 0.2) is 0 Å². The second-order valence-electron chi connectivity index (χ2n) is 6.09. The molecule has 0 fully saturated rings. The molecule has 1 amide bonds. The molecular formula is C21H20ClN3O3. The van der Waals surface area contributed by atoms with Crippen LogP contribution in [0.1, 0.15) is 15.9 Å². The number of carbonyl (C=O) groups excluding carboxylic acids is 1. The molecule has 6 nitrogen and oxygen atoms in total. The number of hydrogen-bond donors (Lipinski definition) is 2. The van der Waals surface area contributed by atoms with Gasteiger partial charge in [-0.2, -0.15) is 0 Å². The molecule has 3 aromatic rings. The fourth-order valence-corrected chi connectivity index (χ4v) is 2.91. The van der Waals surface area contributed by atoms with Crippen molar-refractivity contribution in [3.63, 3.8) is 0 Å². The molecule has 0 saturated heterocycles. The molecule has 144 valence electrons. The van der Waals surface area contributed by atoms with Crippen LogP contribution in [0.15, 0.2) is 54.9 Å². The maximum atomic E-state index is 12.6. The van der Waals surface area contributed by atoms with Crippen LogP contribution in [-0.2, 0) is 0 Å². The number of halogens is 1. The van der Waals surface area contributed by atoms with Gasteiger partial charge in [0.2, 0.25) is 0 Å². The van der Waals surface area contributed by atoms with Gasteiger partial charge in [-0.1, -0.05) is 17.7 Å². The van der Waals surface area contributed by atoms with Crippen LogP contribution in [-0.4, -0.2) is 25.1 Å². The fraction of sp³-hybridized carbons (Fsp3) is 0.143. The Morgan fingerprint density at radius 2 is 1.71 bits per heavy atom. The van der Waals surface area contributed by atoms with Gasteiger partial charge in [-0.15, -0.1) is 0 Å². The van der Waals surface area contributed by atoms with Gasteiger partial charge in [-0.3, -0.25) is 9.78 Å². The lowest BCUT2D eigenvalue weighted by molar-refractivity contribution is 0.102. The third kappa shape index (κ3) is 4.53. The summed E-state index contributed by atoms with van der Waals surface area (Å²) in [4.78, 5) is 16.7. The van der Waals surface area contributed by atoms with Crippen LogP contribution in [0.25, 0.3) is 0 Å². The van der Waals surface area contributed by atoms with Crippen LogP contribution in [0, 0.1) is 6.92 Å². The lowest BCUT2D eigenvalue weighted by Gasteiger charge is -2.13. The highest BCUT2D eigenvalue weighted by atomic mass is 35.5. The van der Waals surface area contributed by atoms with E-state index in [9.17, 15) is 4.79 Å². The first-order valence-corrected chi connectivity index (χ1v) is 8.89. The van der Waals surface area contributed by atoms with Crippen molar-refractivity contribution < 1.29 is 14.3 Å². The Morgan fingerprint density at radius 3 is 2.43 bits per heavy atom. The molecule has 2 aromatic carbocycles. The number of nitrogens with zero attached hydrogens (tertiary/aromatic N) is 1. The summed E-state index contributed by atoms with van der Waals surface area (Å²) in [5.41, 5.74) is 3.52. The first-order chi connectivity index (χ1) is 13.5. The fourth-order valence-electron chi connectivity index (χ4n) is 2.65. The number of carbonyl (C=O) groups is 1. The summed E-state index contributed by atoms with van der Waals surface area (Å²) in [6.07, 6.45) is 3.14. The van der Waals surface area contributed by atoms with Gasteiger partial charge >= 0.3 is 0 Å². The minimum atomic E-state index is -0.298. The highest BCUT2D eigenvalue weighted by Gasteiger charge is 2.11. The van der Waals surface area contributed by atoms with E-state index in [-0.39, 0.29) is 5.91 Å². The lowest BCUT2D eigenvalue weighted by atomic mass is 10.2. The minimum absolute atomic E-state index is 0.298. The van der Waals surface area contributed by atoms with Crippen LogP contribution in [0.2, 0.25) is 5.02 Å². The van der Waals surface area contributed by atoms with Crippen LogP contribution in [0.4, 0.5) is 17.1 Å². The van der Waals surface area contributed by atoms with Crippen molar-refractivity contribution in [3.8, 4) is 11.5 Å². The van der Waals surface area contributed by atoms with Gasteiger partial charge in [-0.05, 0) is 48.9 Å². The Labute approximate surface area is 168 Å². The third-order valence-corrected chi connectivity index (χ3v) is 4.34. The molecule has 0 atom stereocenters. The average Bonchev–Trinajstić information content (AvgIpc) is 2.68. The molecule has 0 spiro atoms. The Morgan fingerprint density at radius 1 is 0.964 bits per heavy atom. The summed E-state index contributed by atoms with van der Waals surface area (Å²) in [6.45, 7) is 1.99. The van der Waals surface area contributed by atoms with Crippen molar-refractivity contribution >= 4 is 34.6 Å². The van der Waals surface area contributed by atoms with E-state index in [1.807, 2.05) is 25.1 Å². The smallest absolute Gasteiger partial charge is 0.257 e. The van der Waals surface area contributed by atoms with Crippen LogP contribution in [0.5, 0.6) is 11.5 Å². The van der Waals surface area contributed by atoms with E-state index < -0.39 is 0 Å². The van der Waals surface area contributed by atoms with Crippen molar-refractivity contribution in [3.05, 3.63) is 71.0 Å². The van der Waals surface area contributed by atoms with Crippen molar-refractivity contribution in [1.82, 2.24) is 4.98 Å². The maximum absolute atomic E-state index is 12.6. The quantitative estimate of drug-likeness (QED) is 0.608. The molecule has 3 rings (SSSR count). The number of rotatable bonds is 6. The summed E-state index contributed by atoms with van der Waals surface area (Å²) in [7, 11) is 3.14. The molecule has 2 N–H and O–H groups in total. The number of aryl methyl sites for hydroxylation is 1. The summed E-state index contributed by atoms with van der Waals surface area (Å²) in [6, 6.07) is 12.6. The molecule has 1 aromatic heterocycles. The third-order valence-electron chi connectivity index (χ3n) is 4.04. The predicted molar refractivity (Wildman–Crippen MR) is 111 cm³/mol. The van der Waals surface area contributed by atoms with Gasteiger partial charge in [0.05, 0.1) is 42.4 Å². The standard InChI is InChI=1S/C21H20ClN3O3/c1-13-4-6-20(28-3)18(8-13)24-16-9-14(11-23-12-16)21(26)25-15-5-7-19(27-2)17(22)10-15/h4-12,24H,1-3H3,(H,25,26). The van der Waals surface area contributed by atoms with E-state index in [1.54, 1.807) is 37.6 Å². The molecule has 7 heteroatoms. The van der Waals surface area contributed by atoms with E-state index in [0.29, 0.717) is 33.5 Å². The molecule has 0 radical (unpaired) electrons. The van der Waals surface area contributed by atoms with E-state index in [0.717, 1.165) is 11.3 Å². The van der Waals surface area contributed by atoms with Crippen LogP contribution in [0.3, 0.4) is 0 Å². The zero-order valence-corrected chi connectivity index (χ0v) is 16.5. The van der Waals surface area contributed by atoms with Crippen LogP contribution < -0.4 is 20.1 Å². The maximum Gasteiger partial charge on any atom is 0.257 e. The van der Waals surface area contributed by atoms with Crippen molar-refractivity contribution in [2.75, 3.05) is 24.9 Å². The van der Waals surface area contributed by atoms with E-state index in [4.69, 9.17) is 21.1 Å². The summed E-state index contributed by atoms with van der Waals surface area (Å²) in [5, 5.41) is 6.46. The number of methoxy groups -OCH3 is 2. The minimum Gasteiger partial charge on any atom is -0.495 e. The summed E-state index contributed by atoms with van der Waals surface area (Å²) in [5.74, 6) is 0.946. The molecule has 0 unspecified atom stereocenters. The Kier molecular flexibility index (Phi) is 6.01. The predicted octanol–water partition coefficient (Wildman–Crippen LogP) is 5.06. The number of hydrogen-bond acceptors (Lipinski definition) is 5. The second kappa shape index (κ2) is 8.63. The topological polar surface area (TPSA) is 72.5 Å². The summed E-state index contributed by atoms with van der Waals surface area (Å²) >= 11 is 6.11.